The number of fused-ring (bicyclic) bond motifs is 1. The van der Waals surface area contributed by atoms with Gasteiger partial charge in [-0.1, -0.05) is 0 Å². The minimum Gasteiger partial charge on any atom is -0.354 e. The fourth-order valence-corrected chi connectivity index (χ4v) is 3.30. The van der Waals surface area contributed by atoms with E-state index < -0.39 is 27.6 Å². The first-order valence-corrected chi connectivity index (χ1v) is 9.53. The molecule has 9 nitrogen and oxygen atoms in total. The molecule has 0 saturated carbocycles. The standard InChI is InChI=1S/C15H13F3N6O3S/c1-19-14(25)7-4-5-9(28(3,26)27)11(20-7)13-21-8-6-10(15(16,17)18)22-23-12(8)24(13)2/h4-6H,1-3H3,(H,19,25). The van der Waals surface area contributed by atoms with Crippen LogP contribution in [0.4, 0.5) is 13.2 Å². The molecule has 0 aliphatic rings. The van der Waals surface area contributed by atoms with Crippen LogP contribution in [-0.2, 0) is 23.1 Å². The maximum Gasteiger partial charge on any atom is 0.435 e. The summed E-state index contributed by atoms with van der Waals surface area (Å²) in [7, 11) is -0.984. The van der Waals surface area contributed by atoms with Crippen LogP contribution in [0.3, 0.4) is 0 Å². The molecule has 0 saturated heterocycles. The predicted molar refractivity (Wildman–Crippen MR) is 91.0 cm³/mol. The SMILES string of the molecule is CNC(=O)c1ccc(S(C)(=O)=O)c(-c2nc3cc(C(F)(F)F)nnc3n2C)n1. The van der Waals surface area contributed by atoms with Crippen molar-refractivity contribution in [2.45, 2.75) is 11.1 Å². The summed E-state index contributed by atoms with van der Waals surface area (Å²) in [5.74, 6) is -0.644. The summed E-state index contributed by atoms with van der Waals surface area (Å²) in [6.45, 7) is 0. The molecule has 3 rings (SSSR count). The number of imidazole rings is 1. The van der Waals surface area contributed by atoms with Crippen LogP contribution in [0.5, 0.6) is 0 Å². The number of hydrogen-bond acceptors (Lipinski definition) is 7. The van der Waals surface area contributed by atoms with Crippen molar-refractivity contribution in [3.63, 3.8) is 0 Å². The van der Waals surface area contributed by atoms with Gasteiger partial charge in [0.05, 0.1) is 4.90 Å². The van der Waals surface area contributed by atoms with Gasteiger partial charge in [-0.05, 0) is 12.1 Å². The average Bonchev–Trinajstić information content (AvgIpc) is 2.95. The van der Waals surface area contributed by atoms with Crippen molar-refractivity contribution in [2.24, 2.45) is 7.05 Å². The van der Waals surface area contributed by atoms with Gasteiger partial charge in [-0.15, -0.1) is 10.2 Å². The fraction of sp³-hybridized carbons (Fsp3) is 0.267. The summed E-state index contributed by atoms with van der Waals surface area (Å²) in [6.07, 6.45) is -3.77. The molecule has 13 heteroatoms. The summed E-state index contributed by atoms with van der Waals surface area (Å²) in [5.41, 5.74) is -1.65. The largest absolute Gasteiger partial charge is 0.435 e. The zero-order chi connectivity index (χ0) is 20.9. The lowest BCUT2D eigenvalue weighted by molar-refractivity contribution is -0.141. The van der Waals surface area contributed by atoms with Gasteiger partial charge in [0, 0.05) is 26.4 Å². The number of aryl methyl sites for hydroxylation is 1. The smallest absolute Gasteiger partial charge is 0.354 e. The molecule has 0 bridgehead atoms. The Morgan fingerprint density at radius 3 is 2.43 bits per heavy atom. The second-order valence-corrected chi connectivity index (χ2v) is 7.81. The lowest BCUT2D eigenvalue weighted by Gasteiger charge is -2.09. The third kappa shape index (κ3) is 3.40. The van der Waals surface area contributed by atoms with Crippen LogP contribution in [0.1, 0.15) is 16.2 Å². The van der Waals surface area contributed by atoms with E-state index in [0.29, 0.717) is 6.07 Å². The molecule has 1 N–H and O–H groups in total. The van der Waals surface area contributed by atoms with E-state index in [0.717, 1.165) is 6.26 Å². The molecule has 28 heavy (non-hydrogen) atoms. The highest BCUT2D eigenvalue weighted by molar-refractivity contribution is 7.90. The number of carbonyl (C=O) groups excluding carboxylic acids is 1. The van der Waals surface area contributed by atoms with Crippen molar-refractivity contribution in [3.05, 3.63) is 29.6 Å². The Labute approximate surface area is 156 Å². The Kier molecular flexibility index (Phi) is 4.57. The second-order valence-electron chi connectivity index (χ2n) is 5.83. The Balaban J connectivity index is 2.31. The minimum atomic E-state index is -4.71. The topological polar surface area (TPSA) is 120 Å². The van der Waals surface area contributed by atoms with Gasteiger partial charge in [-0.2, -0.15) is 13.2 Å². The van der Waals surface area contributed by atoms with Gasteiger partial charge < -0.3 is 9.88 Å². The first kappa shape index (κ1) is 19.7. The number of pyridine rings is 1. The number of rotatable bonds is 3. The highest BCUT2D eigenvalue weighted by atomic mass is 32.2. The highest BCUT2D eigenvalue weighted by Crippen LogP contribution is 2.31. The summed E-state index contributed by atoms with van der Waals surface area (Å²) >= 11 is 0. The lowest BCUT2D eigenvalue weighted by atomic mass is 10.2. The number of amides is 1. The zero-order valence-corrected chi connectivity index (χ0v) is 15.6. The van der Waals surface area contributed by atoms with Crippen molar-refractivity contribution in [2.75, 3.05) is 13.3 Å². The van der Waals surface area contributed by atoms with E-state index >= 15 is 0 Å². The molecule has 0 aliphatic carbocycles. The van der Waals surface area contributed by atoms with Gasteiger partial charge in [0.2, 0.25) is 0 Å². The van der Waals surface area contributed by atoms with Gasteiger partial charge in [-0.25, -0.2) is 18.4 Å². The Bertz CT molecular complexity index is 1200. The molecule has 0 aromatic carbocycles. The normalized spacial score (nSPS) is 12.4. The summed E-state index contributed by atoms with van der Waals surface area (Å²) < 4.78 is 64.2. The molecule has 0 fully saturated rings. The molecule has 3 heterocycles. The number of sulfone groups is 1. The van der Waals surface area contributed by atoms with Crippen molar-refractivity contribution < 1.29 is 26.4 Å². The zero-order valence-electron chi connectivity index (χ0n) is 14.7. The van der Waals surface area contributed by atoms with Crippen LogP contribution in [0, 0.1) is 0 Å². The predicted octanol–water partition coefficient (Wildman–Crippen LogP) is 1.21. The van der Waals surface area contributed by atoms with Gasteiger partial charge in [-0.3, -0.25) is 4.79 Å². The van der Waals surface area contributed by atoms with Crippen LogP contribution in [0.25, 0.3) is 22.7 Å². The van der Waals surface area contributed by atoms with Crippen LogP contribution >= 0.6 is 0 Å². The van der Waals surface area contributed by atoms with Crippen molar-refractivity contribution in [1.29, 1.82) is 0 Å². The van der Waals surface area contributed by atoms with Crippen LogP contribution in [-0.4, -0.2) is 52.4 Å². The van der Waals surface area contributed by atoms with Gasteiger partial charge in [0.25, 0.3) is 5.91 Å². The summed E-state index contributed by atoms with van der Waals surface area (Å²) in [4.78, 5) is 19.8. The molecule has 1 amide bonds. The number of carbonyl (C=O) groups is 1. The first-order chi connectivity index (χ1) is 12.9. The summed E-state index contributed by atoms with van der Waals surface area (Å²) in [6, 6.07) is 3.12. The highest BCUT2D eigenvalue weighted by Gasteiger charge is 2.34. The second kappa shape index (κ2) is 6.51. The molecule has 3 aromatic rings. The van der Waals surface area contributed by atoms with E-state index in [1.807, 2.05) is 0 Å². The number of hydrogen-bond donors (Lipinski definition) is 1. The van der Waals surface area contributed by atoms with Crippen molar-refractivity contribution in [3.8, 4) is 11.5 Å². The van der Waals surface area contributed by atoms with Gasteiger partial charge >= 0.3 is 6.18 Å². The quantitative estimate of drug-likeness (QED) is 0.684. The fourth-order valence-electron chi connectivity index (χ4n) is 2.50. The number of alkyl halides is 3. The Morgan fingerprint density at radius 2 is 1.86 bits per heavy atom. The Hall–Kier alpha value is -3.09. The van der Waals surface area contributed by atoms with Crippen molar-refractivity contribution in [1.82, 2.24) is 30.0 Å². The monoisotopic (exact) mass is 414 g/mol. The summed E-state index contributed by atoms with van der Waals surface area (Å²) in [5, 5.41) is 9.03. The van der Waals surface area contributed by atoms with E-state index in [4.69, 9.17) is 0 Å². The third-order valence-electron chi connectivity index (χ3n) is 3.84. The molecule has 148 valence electrons. The molecule has 0 aliphatic heterocycles. The van der Waals surface area contributed by atoms with Crippen LogP contribution < -0.4 is 5.32 Å². The minimum absolute atomic E-state index is 0.00500. The van der Waals surface area contributed by atoms with Crippen LogP contribution in [0.2, 0.25) is 0 Å². The molecule has 0 atom stereocenters. The number of aromatic nitrogens is 5. The molecule has 0 spiro atoms. The average molecular weight is 414 g/mol. The molecule has 0 unspecified atom stereocenters. The molecule has 0 radical (unpaired) electrons. The number of nitrogens with one attached hydrogen (secondary N) is 1. The third-order valence-corrected chi connectivity index (χ3v) is 4.96. The Morgan fingerprint density at radius 1 is 1.18 bits per heavy atom. The van der Waals surface area contributed by atoms with Crippen molar-refractivity contribution >= 4 is 26.9 Å². The van der Waals surface area contributed by atoms with Gasteiger partial charge in [0.1, 0.15) is 16.9 Å². The van der Waals surface area contributed by atoms with E-state index in [9.17, 15) is 26.4 Å². The molecular formula is C15H13F3N6O3S. The number of nitrogens with zero attached hydrogens (tertiary/aromatic N) is 5. The maximum absolute atomic E-state index is 12.9. The van der Waals surface area contributed by atoms with E-state index in [1.165, 1.54) is 30.8 Å². The van der Waals surface area contributed by atoms with Crippen LogP contribution in [0.15, 0.2) is 23.1 Å². The molecular weight excluding hydrogens is 401 g/mol. The molecule has 3 aromatic heterocycles. The lowest BCUT2D eigenvalue weighted by Crippen LogP contribution is -2.20. The van der Waals surface area contributed by atoms with E-state index in [2.05, 4.69) is 25.5 Å². The number of halogens is 3. The van der Waals surface area contributed by atoms with E-state index in [1.54, 1.807) is 0 Å². The maximum atomic E-state index is 12.9. The van der Waals surface area contributed by atoms with E-state index in [-0.39, 0.29) is 33.3 Å². The van der Waals surface area contributed by atoms with Gasteiger partial charge in [0.15, 0.2) is 27.0 Å². The first-order valence-electron chi connectivity index (χ1n) is 7.64.